The van der Waals surface area contributed by atoms with Gasteiger partial charge in [-0.1, -0.05) is 39.0 Å². The smallest absolute Gasteiger partial charge is 0.858 e. The van der Waals surface area contributed by atoms with Crippen molar-refractivity contribution in [2.75, 3.05) is 0 Å². The molecule has 102 valence electrons. The van der Waals surface area contributed by atoms with E-state index >= 15 is 0 Å². The summed E-state index contributed by atoms with van der Waals surface area (Å²) in [5.41, 5.74) is 2.09. The maximum Gasteiger partial charge on any atom is 1.00 e. The largest absolute Gasteiger partial charge is 1.00 e. The van der Waals surface area contributed by atoms with E-state index in [1.54, 1.807) is 45.9 Å². The molecule has 1 aromatic carbocycles. The molecule has 0 fully saturated rings. The summed E-state index contributed by atoms with van der Waals surface area (Å²) in [4.78, 5) is 16.4. The Morgan fingerprint density at radius 3 is 2.55 bits per heavy atom. The van der Waals surface area contributed by atoms with Gasteiger partial charge in [-0.2, -0.15) is 0 Å². The van der Waals surface area contributed by atoms with Crippen LogP contribution in [0.4, 0.5) is 0 Å². The molecule has 1 atom stereocenters. The Bertz CT molecular complexity index is 622. The number of amides is 1. The van der Waals surface area contributed by atoms with Crippen molar-refractivity contribution in [2.24, 2.45) is 10.4 Å². The third kappa shape index (κ3) is 3.17. The summed E-state index contributed by atoms with van der Waals surface area (Å²) < 4.78 is 0. The van der Waals surface area contributed by atoms with Crippen LogP contribution in [0.25, 0.3) is 5.88 Å². The van der Waals surface area contributed by atoms with E-state index in [0.29, 0.717) is 10.6 Å². The van der Waals surface area contributed by atoms with Crippen molar-refractivity contribution in [1.29, 1.82) is 0 Å². The van der Waals surface area contributed by atoms with Crippen molar-refractivity contribution in [3.8, 4) is 0 Å². The van der Waals surface area contributed by atoms with Gasteiger partial charge in [0.2, 0.25) is 5.91 Å². The van der Waals surface area contributed by atoms with Crippen LogP contribution in [-0.4, -0.2) is 17.1 Å². The number of carbonyl (C=O) groups is 1. The zero-order chi connectivity index (χ0) is 14.2. The molecule has 5 nitrogen and oxygen atoms in total. The standard InChI is InChI=1S/C14H19N3O2.Li/c1-9-15-11-8-6-5-7-10(11)12(18)17(9)16-13(19)14(2,3)4;/h5-9,18H,1-4H3,(H,16,19);/q;+1/p-1. The SMILES string of the molecule is CC1N=c2ccccc2=C([O-])N1NC(=O)C(C)(C)C.[Li+]. The molecule has 1 aromatic rings. The predicted molar refractivity (Wildman–Crippen MR) is 69.5 cm³/mol. The fourth-order valence-electron chi connectivity index (χ4n) is 1.75. The maximum atomic E-state index is 12.3. The first-order chi connectivity index (χ1) is 8.80. The van der Waals surface area contributed by atoms with Gasteiger partial charge < -0.3 is 5.11 Å². The molecule has 2 rings (SSSR count). The summed E-state index contributed by atoms with van der Waals surface area (Å²) in [6, 6.07) is 7.13. The summed E-state index contributed by atoms with van der Waals surface area (Å²) in [6.07, 6.45) is -0.409. The van der Waals surface area contributed by atoms with Gasteiger partial charge in [-0.15, -0.1) is 0 Å². The van der Waals surface area contributed by atoms with E-state index in [-0.39, 0.29) is 30.7 Å². The van der Waals surface area contributed by atoms with Crippen molar-refractivity contribution in [3.63, 3.8) is 0 Å². The van der Waals surface area contributed by atoms with Crippen molar-refractivity contribution in [1.82, 2.24) is 10.4 Å². The van der Waals surface area contributed by atoms with Crippen LogP contribution in [-0.2, 0) is 4.79 Å². The van der Waals surface area contributed by atoms with Gasteiger partial charge in [0.15, 0.2) is 0 Å². The minimum atomic E-state index is -0.559. The number of rotatable bonds is 1. The summed E-state index contributed by atoms with van der Waals surface area (Å²) in [6.45, 7) is 7.17. The number of carbonyl (C=O) groups excluding carboxylic acids is 1. The summed E-state index contributed by atoms with van der Waals surface area (Å²) in [7, 11) is 0. The van der Waals surface area contributed by atoms with Crippen LogP contribution < -0.4 is 40.0 Å². The van der Waals surface area contributed by atoms with Gasteiger partial charge in [-0.05, 0) is 18.9 Å². The number of hydrogen-bond donors (Lipinski definition) is 1. The van der Waals surface area contributed by atoms with Gasteiger partial charge >= 0.3 is 18.9 Å². The Hall–Kier alpha value is -1.44. The second kappa shape index (κ2) is 5.90. The minimum absolute atomic E-state index is 0. The fraction of sp³-hybridized carbons (Fsp3) is 0.429. The fourth-order valence-corrected chi connectivity index (χ4v) is 1.75. The molecule has 0 spiro atoms. The summed E-state index contributed by atoms with van der Waals surface area (Å²) in [5, 5.41) is 14.8. The monoisotopic (exact) mass is 267 g/mol. The van der Waals surface area contributed by atoms with Crippen molar-refractivity contribution >= 4 is 11.8 Å². The molecule has 6 heteroatoms. The Kier molecular flexibility index (Phi) is 4.90. The van der Waals surface area contributed by atoms with E-state index < -0.39 is 11.6 Å². The third-order valence-electron chi connectivity index (χ3n) is 2.96. The Morgan fingerprint density at radius 2 is 1.95 bits per heavy atom. The van der Waals surface area contributed by atoms with Crippen LogP contribution in [0, 0.1) is 5.41 Å². The zero-order valence-corrected chi connectivity index (χ0v) is 12.6. The molecule has 0 aliphatic carbocycles. The first kappa shape index (κ1) is 16.6. The van der Waals surface area contributed by atoms with E-state index in [4.69, 9.17) is 0 Å². The molecule has 1 aliphatic heterocycles. The first-order valence-corrected chi connectivity index (χ1v) is 6.25. The molecule has 20 heavy (non-hydrogen) atoms. The quantitative estimate of drug-likeness (QED) is 0.536. The number of nitrogens with zero attached hydrogens (tertiary/aromatic N) is 2. The topological polar surface area (TPSA) is 67.8 Å². The van der Waals surface area contributed by atoms with E-state index in [2.05, 4.69) is 10.4 Å². The molecule has 1 aliphatic rings. The van der Waals surface area contributed by atoms with Gasteiger partial charge in [-0.25, -0.2) is 0 Å². The van der Waals surface area contributed by atoms with Gasteiger partial charge in [0, 0.05) is 10.6 Å². The Labute approximate surface area is 130 Å². The third-order valence-corrected chi connectivity index (χ3v) is 2.96. The van der Waals surface area contributed by atoms with E-state index in [0.717, 1.165) is 0 Å². The average molecular weight is 267 g/mol. The van der Waals surface area contributed by atoms with E-state index in [1.165, 1.54) is 5.01 Å². The van der Waals surface area contributed by atoms with Gasteiger partial charge in [0.25, 0.3) is 0 Å². The maximum absolute atomic E-state index is 12.3. The number of para-hydroxylation sites is 1. The van der Waals surface area contributed by atoms with Crippen LogP contribution in [0.15, 0.2) is 29.3 Å². The van der Waals surface area contributed by atoms with Gasteiger partial charge in [0.1, 0.15) is 6.17 Å². The summed E-state index contributed by atoms with van der Waals surface area (Å²) in [5.74, 6) is -0.432. The van der Waals surface area contributed by atoms with Gasteiger partial charge in [-0.3, -0.25) is 20.2 Å². The van der Waals surface area contributed by atoms with Crippen LogP contribution in [0.1, 0.15) is 27.7 Å². The number of hydrazine groups is 1. The van der Waals surface area contributed by atoms with Crippen molar-refractivity contribution < 1.29 is 28.8 Å². The molecule has 1 unspecified atom stereocenters. The molecular weight excluding hydrogens is 249 g/mol. The van der Waals surface area contributed by atoms with Crippen molar-refractivity contribution in [3.05, 3.63) is 34.8 Å². The molecule has 1 heterocycles. The van der Waals surface area contributed by atoms with Crippen LogP contribution >= 0.6 is 0 Å². The second-order valence-electron chi connectivity index (χ2n) is 5.64. The molecule has 0 saturated heterocycles. The molecule has 0 bridgehead atoms. The Morgan fingerprint density at radius 1 is 1.35 bits per heavy atom. The number of benzene rings is 1. The minimum Gasteiger partial charge on any atom is -0.858 e. The molecule has 0 aromatic heterocycles. The molecule has 0 saturated carbocycles. The number of hydrogen-bond acceptors (Lipinski definition) is 4. The van der Waals surface area contributed by atoms with Crippen LogP contribution in [0.2, 0.25) is 0 Å². The average Bonchev–Trinajstić information content (AvgIpc) is 2.33. The number of nitrogens with one attached hydrogen (secondary N) is 1. The molecular formula is C14H18LiN3O2. The van der Waals surface area contributed by atoms with Crippen LogP contribution in [0.3, 0.4) is 0 Å². The Balaban J connectivity index is 0.00000200. The summed E-state index contributed by atoms with van der Waals surface area (Å²) >= 11 is 0. The first-order valence-electron chi connectivity index (χ1n) is 6.25. The van der Waals surface area contributed by atoms with E-state index in [9.17, 15) is 9.90 Å². The molecule has 1 amide bonds. The molecule has 0 radical (unpaired) electrons. The van der Waals surface area contributed by atoms with Crippen molar-refractivity contribution in [2.45, 2.75) is 33.9 Å². The predicted octanol–water partition coefficient (Wildman–Crippen LogP) is -3.52. The molecule has 1 N–H and O–H groups in total. The van der Waals surface area contributed by atoms with Gasteiger partial charge in [0.05, 0.1) is 5.36 Å². The van der Waals surface area contributed by atoms with Crippen LogP contribution in [0.5, 0.6) is 0 Å². The second-order valence-corrected chi connectivity index (χ2v) is 5.64. The zero-order valence-electron chi connectivity index (χ0n) is 12.6. The van der Waals surface area contributed by atoms with E-state index in [1.807, 2.05) is 6.07 Å². The number of fused-ring (bicyclic) bond motifs is 1. The normalized spacial score (nSPS) is 17.7.